The molecule has 3 rings (SSSR count). The fourth-order valence-electron chi connectivity index (χ4n) is 2.01. The van der Waals surface area contributed by atoms with Crippen LogP contribution in [0, 0.1) is 11.3 Å². The van der Waals surface area contributed by atoms with E-state index < -0.39 is 0 Å². The van der Waals surface area contributed by atoms with Gasteiger partial charge in [0.1, 0.15) is 17.5 Å². The van der Waals surface area contributed by atoms with Gasteiger partial charge in [-0.2, -0.15) is 5.26 Å². The Morgan fingerprint density at radius 3 is 2.76 bits per heavy atom. The molecule has 6 heteroatoms. The van der Waals surface area contributed by atoms with Crippen LogP contribution in [-0.2, 0) is 0 Å². The summed E-state index contributed by atoms with van der Waals surface area (Å²) in [5.41, 5.74) is 8.53. The minimum atomic E-state index is 0.207. The first-order valence-corrected chi connectivity index (χ1v) is 7.25. The average molecular weight is 313 g/mol. The monoisotopic (exact) mass is 312 g/mol. The molecule has 0 atom stereocenters. The van der Waals surface area contributed by atoms with E-state index >= 15 is 0 Å². The van der Waals surface area contributed by atoms with Crippen molar-refractivity contribution in [3.8, 4) is 27.8 Å². The van der Waals surface area contributed by atoms with Crippen LogP contribution in [-0.4, -0.2) is 9.97 Å². The Labute approximate surface area is 130 Å². The topological polar surface area (TPSA) is 75.6 Å². The molecule has 3 aromatic rings. The van der Waals surface area contributed by atoms with Gasteiger partial charge in [-0.1, -0.05) is 17.7 Å². The third-order valence-corrected chi connectivity index (χ3v) is 4.21. The van der Waals surface area contributed by atoms with E-state index in [0.29, 0.717) is 15.6 Å². The summed E-state index contributed by atoms with van der Waals surface area (Å²) in [5, 5.41) is 9.32. The van der Waals surface area contributed by atoms with E-state index in [2.05, 4.69) is 16.0 Å². The van der Waals surface area contributed by atoms with Crippen molar-refractivity contribution in [2.24, 2.45) is 0 Å². The van der Waals surface area contributed by atoms with Gasteiger partial charge in [-0.3, -0.25) is 4.98 Å². The van der Waals surface area contributed by atoms with Gasteiger partial charge in [-0.15, -0.1) is 11.3 Å². The molecule has 0 bridgehead atoms. The van der Waals surface area contributed by atoms with E-state index in [-0.39, 0.29) is 5.82 Å². The molecule has 3 heterocycles. The number of nitrogens with zero attached hydrogens (tertiary/aromatic N) is 3. The third-order valence-electron chi connectivity index (χ3n) is 2.96. The lowest BCUT2D eigenvalue weighted by Crippen LogP contribution is -1.99. The highest BCUT2D eigenvalue weighted by molar-refractivity contribution is 7.19. The van der Waals surface area contributed by atoms with Crippen LogP contribution in [0.4, 0.5) is 5.82 Å². The Bertz CT molecular complexity index is 837. The number of nitriles is 1. The molecule has 21 heavy (non-hydrogen) atoms. The van der Waals surface area contributed by atoms with E-state index in [1.807, 2.05) is 24.3 Å². The maximum atomic E-state index is 9.32. The highest BCUT2D eigenvalue weighted by Crippen LogP contribution is 2.34. The zero-order valence-corrected chi connectivity index (χ0v) is 12.3. The first kappa shape index (κ1) is 13.6. The van der Waals surface area contributed by atoms with Crippen molar-refractivity contribution < 1.29 is 0 Å². The SMILES string of the molecule is N#Cc1c(-c2cccnc2)cc(-c2ccc(Cl)s2)nc1N. The quantitative estimate of drug-likeness (QED) is 0.776. The zero-order valence-electron chi connectivity index (χ0n) is 10.7. The summed E-state index contributed by atoms with van der Waals surface area (Å²) >= 11 is 7.38. The number of thiophene rings is 1. The van der Waals surface area contributed by atoms with Gasteiger partial charge in [0.25, 0.3) is 0 Å². The molecular formula is C15H9ClN4S. The first-order valence-electron chi connectivity index (χ1n) is 6.06. The number of rotatable bonds is 2. The van der Waals surface area contributed by atoms with E-state index in [1.54, 1.807) is 18.5 Å². The van der Waals surface area contributed by atoms with Gasteiger partial charge in [-0.05, 0) is 24.3 Å². The van der Waals surface area contributed by atoms with Gasteiger partial charge in [0.05, 0.1) is 14.9 Å². The molecule has 4 nitrogen and oxygen atoms in total. The number of halogens is 1. The third kappa shape index (κ3) is 2.59. The highest BCUT2D eigenvalue weighted by atomic mass is 35.5. The Morgan fingerprint density at radius 2 is 2.14 bits per heavy atom. The molecule has 102 valence electrons. The number of pyridine rings is 2. The molecule has 0 unspecified atom stereocenters. The van der Waals surface area contributed by atoms with Gasteiger partial charge in [0, 0.05) is 23.5 Å². The van der Waals surface area contributed by atoms with Crippen molar-refractivity contribution in [2.45, 2.75) is 0 Å². The van der Waals surface area contributed by atoms with Crippen LogP contribution in [0.25, 0.3) is 21.7 Å². The number of nitrogen functional groups attached to an aromatic ring is 1. The Balaban J connectivity index is 2.23. The van der Waals surface area contributed by atoms with E-state index in [4.69, 9.17) is 17.3 Å². The van der Waals surface area contributed by atoms with Crippen molar-refractivity contribution in [3.63, 3.8) is 0 Å². The van der Waals surface area contributed by atoms with Gasteiger partial charge in [0.15, 0.2) is 0 Å². The van der Waals surface area contributed by atoms with Gasteiger partial charge >= 0.3 is 0 Å². The molecule has 0 spiro atoms. The summed E-state index contributed by atoms with van der Waals surface area (Å²) in [6, 6.07) is 11.3. The largest absolute Gasteiger partial charge is 0.383 e. The second-order valence-corrected chi connectivity index (χ2v) is 5.99. The van der Waals surface area contributed by atoms with Crippen molar-refractivity contribution >= 4 is 28.8 Å². The van der Waals surface area contributed by atoms with Crippen LogP contribution in [0.5, 0.6) is 0 Å². The molecule has 0 amide bonds. The van der Waals surface area contributed by atoms with E-state index in [1.165, 1.54) is 11.3 Å². The molecule has 0 aliphatic rings. The molecule has 0 fully saturated rings. The highest BCUT2D eigenvalue weighted by Gasteiger charge is 2.14. The lowest BCUT2D eigenvalue weighted by Gasteiger charge is -2.08. The molecule has 0 aliphatic heterocycles. The predicted molar refractivity (Wildman–Crippen MR) is 84.9 cm³/mol. The molecule has 0 saturated heterocycles. The summed E-state index contributed by atoms with van der Waals surface area (Å²) in [7, 11) is 0. The second kappa shape index (κ2) is 5.52. The van der Waals surface area contributed by atoms with Crippen LogP contribution in [0.15, 0.2) is 42.7 Å². The Morgan fingerprint density at radius 1 is 1.29 bits per heavy atom. The second-order valence-electron chi connectivity index (χ2n) is 4.27. The minimum Gasteiger partial charge on any atom is -0.383 e. The molecular weight excluding hydrogens is 304 g/mol. The van der Waals surface area contributed by atoms with Crippen molar-refractivity contribution in [2.75, 3.05) is 5.73 Å². The molecule has 0 saturated carbocycles. The normalized spacial score (nSPS) is 10.3. The van der Waals surface area contributed by atoms with Crippen LogP contribution in [0.1, 0.15) is 5.56 Å². The standard InChI is InChI=1S/C15H9ClN4S/c16-14-4-3-13(21-14)12-6-10(9-2-1-5-19-8-9)11(7-17)15(18)20-12/h1-6,8H,(H2,18,20). The summed E-state index contributed by atoms with van der Waals surface area (Å²) < 4.78 is 0.678. The maximum Gasteiger partial charge on any atom is 0.142 e. The molecule has 0 radical (unpaired) electrons. The van der Waals surface area contributed by atoms with Gasteiger partial charge in [0.2, 0.25) is 0 Å². The van der Waals surface area contributed by atoms with Gasteiger partial charge in [-0.25, -0.2) is 4.98 Å². The number of nitrogens with two attached hydrogens (primary N) is 1. The van der Waals surface area contributed by atoms with Crippen molar-refractivity contribution in [1.29, 1.82) is 5.26 Å². The number of hydrogen-bond donors (Lipinski definition) is 1. The summed E-state index contributed by atoms with van der Waals surface area (Å²) in [5.74, 6) is 0.207. The minimum absolute atomic E-state index is 0.207. The van der Waals surface area contributed by atoms with Crippen LogP contribution in [0.2, 0.25) is 4.34 Å². The van der Waals surface area contributed by atoms with Crippen molar-refractivity contribution in [3.05, 3.63) is 52.6 Å². The number of hydrogen-bond acceptors (Lipinski definition) is 5. The molecule has 0 aliphatic carbocycles. The van der Waals surface area contributed by atoms with Crippen molar-refractivity contribution in [1.82, 2.24) is 9.97 Å². The lowest BCUT2D eigenvalue weighted by atomic mass is 10.0. The number of aromatic nitrogens is 2. The fourth-order valence-corrected chi connectivity index (χ4v) is 3.01. The zero-order chi connectivity index (χ0) is 14.8. The summed E-state index contributed by atoms with van der Waals surface area (Å²) in [6.45, 7) is 0. The Hall–Kier alpha value is -2.42. The van der Waals surface area contributed by atoms with Crippen LogP contribution in [0.3, 0.4) is 0 Å². The average Bonchev–Trinajstić information content (AvgIpc) is 2.94. The van der Waals surface area contributed by atoms with E-state index in [0.717, 1.165) is 16.0 Å². The van der Waals surface area contributed by atoms with Gasteiger partial charge < -0.3 is 5.73 Å². The summed E-state index contributed by atoms with van der Waals surface area (Å²) in [4.78, 5) is 9.29. The Kier molecular flexibility index (Phi) is 3.57. The molecule has 3 aromatic heterocycles. The predicted octanol–water partition coefficient (Wildman–Crippen LogP) is 3.98. The lowest BCUT2D eigenvalue weighted by molar-refractivity contribution is 1.30. The summed E-state index contributed by atoms with van der Waals surface area (Å²) in [6.07, 6.45) is 3.38. The van der Waals surface area contributed by atoms with Crippen LogP contribution >= 0.6 is 22.9 Å². The van der Waals surface area contributed by atoms with Crippen LogP contribution < -0.4 is 5.73 Å². The fraction of sp³-hybridized carbons (Fsp3) is 0. The molecule has 2 N–H and O–H groups in total. The maximum absolute atomic E-state index is 9.32. The first-order chi connectivity index (χ1) is 10.2. The smallest absolute Gasteiger partial charge is 0.142 e. The number of anilines is 1. The molecule has 0 aromatic carbocycles. The van der Waals surface area contributed by atoms with E-state index in [9.17, 15) is 5.26 Å².